The molecule has 6 amide bonds. The number of aliphatic hydroxyl groups is 1. The number of likely N-dealkylation sites (tertiary alicyclic amines) is 1. The molecular formula is C63H77FN8O13. The molecule has 8 rings (SSSR count). The molecule has 5 heterocycles. The van der Waals surface area contributed by atoms with Crippen LogP contribution >= 0.6 is 0 Å². The van der Waals surface area contributed by atoms with Crippen LogP contribution in [0.3, 0.4) is 0 Å². The smallest absolute Gasteiger partial charge is 0.343 e. The van der Waals surface area contributed by atoms with Gasteiger partial charge in [-0.15, -0.1) is 0 Å². The molecule has 5 atom stereocenters. The van der Waals surface area contributed by atoms with Crippen LogP contribution in [0, 0.1) is 24.6 Å². The van der Waals surface area contributed by atoms with Gasteiger partial charge in [0.15, 0.2) is 17.2 Å². The number of amides is 6. The summed E-state index contributed by atoms with van der Waals surface area (Å²) in [7, 11) is 0. The van der Waals surface area contributed by atoms with E-state index < -0.39 is 70.2 Å². The second-order valence-electron chi connectivity index (χ2n) is 23.0. The third kappa shape index (κ3) is 14.8. The molecule has 1 saturated heterocycles. The van der Waals surface area contributed by atoms with Crippen molar-refractivity contribution in [3.05, 3.63) is 97.6 Å². The average molecular weight is 1170 g/mol. The number of rotatable bonds is 31. The van der Waals surface area contributed by atoms with Crippen molar-refractivity contribution in [2.45, 2.75) is 174 Å². The van der Waals surface area contributed by atoms with Gasteiger partial charge >= 0.3 is 5.97 Å². The van der Waals surface area contributed by atoms with Crippen LogP contribution in [-0.2, 0) is 84.3 Å². The Hall–Kier alpha value is -7.85. The Balaban J connectivity index is 0.791. The van der Waals surface area contributed by atoms with Gasteiger partial charge in [0, 0.05) is 98.9 Å². The van der Waals surface area contributed by atoms with Crippen LogP contribution < -0.4 is 32.6 Å². The van der Waals surface area contributed by atoms with Gasteiger partial charge in [0.1, 0.15) is 18.2 Å². The summed E-state index contributed by atoms with van der Waals surface area (Å²) in [6.07, 6.45) is 4.11. The zero-order valence-corrected chi connectivity index (χ0v) is 48.7. The number of imide groups is 1. The number of ketones is 3. The van der Waals surface area contributed by atoms with Crippen molar-refractivity contribution < 1.29 is 62.2 Å². The molecule has 21 nitrogen and oxygen atoms in total. The number of pyridine rings is 2. The second-order valence-corrected chi connectivity index (χ2v) is 23.0. The number of hydrogen-bond donors (Lipinski definition) is 6. The topological polar surface area (TPSA) is 312 Å². The molecule has 2 aromatic heterocycles. The summed E-state index contributed by atoms with van der Waals surface area (Å²) in [6.45, 7) is 5.29. The molecule has 0 bridgehead atoms. The number of aryl methyl sites for hydroxylation is 1. The van der Waals surface area contributed by atoms with Crippen LogP contribution in [0.2, 0.25) is 0 Å². The van der Waals surface area contributed by atoms with Gasteiger partial charge in [0.2, 0.25) is 35.4 Å². The Kier molecular flexibility index (Phi) is 21.1. The third-order valence-electron chi connectivity index (χ3n) is 17.0. The molecule has 0 radical (unpaired) electrons. The van der Waals surface area contributed by atoms with Crippen molar-refractivity contribution in [2.75, 3.05) is 26.2 Å². The van der Waals surface area contributed by atoms with E-state index >= 15 is 4.39 Å². The Morgan fingerprint density at radius 2 is 1.62 bits per heavy atom. The summed E-state index contributed by atoms with van der Waals surface area (Å²) >= 11 is 0. The monoisotopic (exact) mass is 1170 g/mol. The molecule has 1 aliphatic carbocycles. The first-order valence-electron chi connectivity index (χ1n) is 29.8. The number of carbonyl (C=O) groups is 10. The summed E-state index contributed by atoms with van der Waals surface area (Å²) < 4.78 is 22.2. The minimum absolute atomic E-state index is 0.0178. The summed E-state index contributed by atoms with van der Waals surface area (Å²) in [5.41, 5.74) is 7.90. The van der Waals surface area contributed by atoms with Gasteiger partial charge in [-0.3, -0.25) is 52.8 Å². The molecule has 3 aliphatic heterocycles. The maximum Gasteiger partial charge on any atom is 0.343 e. The molecule has 4 aromatic rings. The Morgan fingerprint density at radius 3 is 2.35 bits per heavy atom. The Morgan fingerprint density at radius 1 is 0.859 bits per heavy atom. The predicted molar refractivity (Wildman–Crippen MR) is 309 cm³/mol. The van der Waals surface area contributed by atoms with Crippen molar-refractivity contribution >= 4 is 69.7 Å². The van der Waals surface area contributed by atoms with Gasteiger partial charge in [-0.05, 0) is 99.6 Å². The van der Waals surface area contributed by atoms with Crippen molar-refractivity contribution in [2.24, 2.45) is 17.6 Å². The summed E-state index contributed by atoms with van der Waals surface area (Å²) in [5, 5.41) is 23.4. The summed E-state index contributed by atoms with van der Waals surface area (Å²) in [4.78, 5) is 150. The van der Waals surface area contributed by atoms with E-state index in [1.807, 2.05) is 6.07 Å². The number of nitrogens with two attached hydrogens (primary N) is 1. The highest BCUT2D eigenvalue weighted by Crippen LogP contribution is 2.46. The lowest BCUT2D eigenvalue weighted by Gasteiger charge is -2.31. The Labute approximate surface area is 492 Å². The number of aromatic nitrogens is 2. The number of ether oxygens (including phenoxy) is 1. The number of unbranched alkanes of at least 4 members (excludes halogenated alkanes) is 3. The van der Waals surface area contributed by atoms with Gasteiger partial charge in [0.05, 0.1) is 47.6 Å². The first-order valence-corrected chi connectivity index (χ1v) is 29.8. The first kappa shape index (κ1) is 63.2. The number of cyclic esters (lactones) is 1. The van der Waals surface area contributed by atoms with Crippen LogP contribution in [0.1, 0.15) is 168 Å². The second kappa shape index (κ2) is 28.4. The number of fused-ring (bicyclic) bond motifs is 5. The average Bonchev–Trinajstić information content (AvgIpc) is 1.67. The number of carbonyl (C=O) groups excluding carboxylic acids is 10. The van der Waals surface area contributed by atoms with Gasteiger partial charge < -0.3 is 41.4 Å². The number of nitrogens with zero attached hydrogens (tertiary/aromatic N) is 3. The fraction of sp³-hybridized carbons (Fsp3) is 0.524. The van der Waals surface area contributed by atoms with Crippen molar-refractivity contribution in [3.63, 3.8) is 0 Å². The fourth-order valence-corrected chi connectivity index (χ4v) is 12.1. The molecule has 0 saturated carbocycles. The van der Waals surface area contributed by atoms with Crippen LogP contribution in [0.25, 0.3) is 22.3 Å². The van der Waals surface area contributed by atoms with E-state index in [1.165, 1.54) is 15.5 Å². The maximum atomic E-state index is 15.4. The highest BCUT2D eigenvalue weighted by atomic mass is 19.1. The minimum Gasteiger partial charge on any atom is -0.458 e. The number of benzene rings is 2. The molecule has 7 N–H and O–H groups in total. The zero-order valence-electron chi connectivity index (χ0n) is 48.7. The number of Topliss-reactive ketones (excluding diaryl/α,β-unsaturated/α-hetero) is 3. The molecule has 1 unspecified atom stereocenters. The fourth-order valence-electron chi connectivity index (χ4n) is 12.1. The van der Waals surface area contributed by atoms with Crippen molar-refractivity contribution in [1.82, 2.24) is 35.7 Å². The van der Waals surface area contributed by atoms with E-state index in [2.05, 4.69) is 21.3 Å². The number of nitrogens with one attached hydrogen (secondary N) is 4. The van der Waals surface area contributed by atoms with E-state index in [1.54, 1.807) is 51.1 Å². The zero-order chi connectivity index (χ0) is 61.1. The molecule has 85 heavy (non-hydrogen) atoms. The molecule has 2 aromatic carbocycles. The van der Waals surface area contributed by atoms with Crippen LogP contribution in [-0.4, -0.2) is 111 Å². The molecule has 22 heteroatoms. The number of esters is 1. The summed E-state index contributed by atoms with van der Waals surface area (Å²) in [5.74, 6) is -5.39. The van der Waals surface area contributed by atoms with Crippen molar-refractivity contribution in [1.29, 1.82) is 0 Å². The molecule has 4 aliphatic rings. The lowest BCUT2D eigenvalue weighted by Crippen LogP contribution is -2.44. The highest BCUT2D eigenvalue weighted by molar-refractivity contribution is 6.03. The van der Waals surface area contributed by atoms with E-state index in [0.29, 0.717) is 103 Å². The van der Waals surface area contributed by atoms with Gasteiger partial charge in [0.25, 0.3) is 5.56 Å². The van der Waals surface area contributed by atoms with Gasteiger partial charge in [-0.1, -0.05) is 57.0 Å². The van der Waals surface area contributed by atoms with Crippen LogP contribution in [0.4, 0.5) is 4.39 Å². The predicted octanol–water partition coefficient (Wildman–Crippen LogP) is 4.73. The molecule has 0 spiro atoms. The van der Waals surface area contributed by atoms with Crippen LogP contribution in [0.5, 0.6) is 0 Å². The lowest BCUT2D eigenvalue weighted by molar-refractivity contribution is -0.172. The molecular weight excluding hydrogens is 1100 g/mol. The van der Waals surface area contributed by atoms with Crippen molar-refractivity contribution in [3.8, 4) is 11.4 Å². The van der Waals surface area contributed by atoms with E-state index in [9.17, 15) is 57.8 Å². The largest absolute Gasteiger partial charge is 0.458 e. The van der Waals surface area contributed by atoms with Crippen LogP contribution in [0.15, 0.2) is 47.3 Å². The third-order valence-corrected chi connectivity index (χ3v) is 17.0. The SMILES string of the molecule is CC[C@@]1(O)C(=O)OCc2c1cc1n(c2=O)Cc2c-1nc1cc(F)c(C)c3c1c2[C@@H](NC(=O)CCCNC(=O)CCC(=O)[C@H](Cc1ccccc1)NC(=O)CCC(=O)CNC(=O)[C@H](CCCCN)CC(=O)CCCCCN1C(=O)CC(C)C1=O)CC3. The van der Waals surface area contributed by atoms with Gasteiger partial charge in [-0.2, -0.15) is 0 Å². The quantitative estimate of drug-likeness (QED) is 0.0199. The first-order chi connectivity index (χ1) is 40.7. The molecule has 454 valence electrons. The molecule has 1 fully saturated rings. The van der Waals surface area contributed by atoms with E-state index in [0.717, 1.165) is 11.1 Å². The lowest BCUT2D eigenvalue weighted by atomic mass is 9.81. The minimum atomic E-state index is -2.04. The van der Waals surface area contributed by atoms with Gasteiger partial charge in [-0.25, -0.2) is 14.2 Å². The number of hydrogen-bond acceptors (Lipinski definition) is 15. The Bertz CT molecular complexity index is 3350. The number of halogens is 1. The van der Waals surface area contributed by atoms with E-state index in [4.69, 9.17) is 15.5 Å². The maximum absolute atomic E-state index is 15.4. The standard InChI is InChI=1S/C63H77FN8O13/c1-4-63(84)45-31-50-58-43(34-72(50)61(82)44(45)35-85-62(63)83)57-47(21-20-42-37(3)46(64)32-49(70-58)56(42)57)68-53(77)18-13-26-66-52(76)24-22-51(75)48(29-38-14-7-5-8-15-38)69-54(78)23-19-41(74)33-67-59(80)39(16-10-11-25-65)30-40(73)17-9-6-12-27-71-55(79)28-36(2)60(71)81/h5,7-8,14-15,31-32,36,39,47-48,84H,4,6,9-13,16-30,33-35,65H2,1-3H3,(H,66,76)(H,67,80)(H,68,77)(H,69,78)/t36?,39-,47+,48+,63+/m1/s1. The normalized spacial score (nSPS) is 18.2. The highest BCUT2D eigenvalue weighted by Gasteiger charge is 2.46. The van der Waals surface area contributed by atoms with E-state index in [-0.39, 0.29) is 137 Å². The summed E-state index contributed by atoms with van der Waals surface area (Å²) in [6, 6.07) is 10.3.